The molecular weight excluding hydrogens is 458 g/mol. The highest BCUT2D eigenvalue weighted by molar-refractivity contribution is 7.17. The predicted octanol–water partition coefficient (Wildman–Crippen LogP) is 5.80. The van der Waals surface area contributed by atoms with Crippen LogP contribution in [0.4, 0.5) is 13.2 Å². The predicted molar refractivity (Wildman–Crippen MR) is 133 cm³/mol. The Labute approximate surface area is 198 Å². The summed E-state index contributed by atoms with van der Waals surface area (Å²) in [5.74, 6) is -0.235. The minimum absolute atomic E-state index is 0.0209. The highest BCUT2D eigenvalue weighted by atomic mass is 31.0. The van der Waals surface area contributed by atoms with Crippen molar-refractivity contribution in [1.29, 1.82) is 0 Å². The van der Waals surface area contributed by atoms with Crippen molar-refractivity contribution in [2.75, 3.05) is 6.54 Å². The average molecular weight is 481 g/mol. The van der Waals surface area contributed by atoms with Gasteiger partial charge in [-0.05, 0) is 49.8 Å². The Bertz CT molecular complexity index is 1360. The molecule has 1 aliphatic heterocycles. The van der Waals surface area contributed by atoms with Gasteiger partial charge in [0.2, 0.25) is 0 Å². The third-order valence-electron chi connectivity index (χ3n) is 5.35. The number of rotatable bonds is 5. The Balaban J connectivity index is 1.89. The van der Waals surface area contributed by atoms with Crippen molar-refractivity contribution in [3.63, 3.8) is 0 Å². The molecule has 5 nitrogen and oxygen atoms in total. The van der Waals surface area contributed by atoms with E-state index in [1.54, 1.807) is 29.3 Å². The van der Waals surface area contributed by atoms with Crippen molar-refractivity contribution in [1.82, 2.24) is 14.8 Å². The van der Waals surface area contributed by atoms with E-state index in [1.807, 2.05) is 39.2 Å². The number of hydrogen-bond acceptors (Lipinski definition) is 3. The molecule has 0 saturated carbocycles. The van der Waals surface area contributed by atoms with Gasteiger partial charge in [0.15, 0.2) is 5.84 Å². The Kier molecular flexibility index (Phi) is 6.62. The number of allylic oxidation sites excluding steroid dienone is 2. The highest BCUT2D eigenvalue weighted by Gasteiger charge is 2.28. The fourth-order valence-corrected chi connectivity index (χ4v) is 3.90. The molecule has 0 fully saturated rings. The first-order valence-corrected chi connectivity index (χ1v) is 11.2. The monoisotopic (exact) mass is 481 g/mol. The molecule has 0 aliphatic carbocycles. The van der Waals surface area contributed by atoms with Gasteiger partial charge in [-0.2, -0.15) is 13.9 Å². The van der Waals surface area contributed by atoms with Gasteiger partial charge in [-0.15, -0.1) is 0 Å². The van der Waals surface area contributed by atoms with Crippen LogP contribution in [0.15, 0.2) is 76.8 Å². The van der Waals surface area contributed by atoms with Crippen molar-refractivity contribution in [2.24, 2.45) is 17.0 Å². The van der Waals surface area contributed by atoms with Crippen molar-refractivity contribution < 1.29 is 13.2 Å². The molecule has 3 heterocycles. The van der Waals surface area contributed by atoms with Crippen LogP contribution in [0.5, 0.6) is 0 Å². The van der Waals surface area contributed by atoms with E-state index in [0.717, 1.165) is 46.0 Å². The molecule has 174 valence electrons. The van der Waals surface area contributed by atoms with Crippen molar-refractivity contribution in [3.8, 4) is 11.1 Å². The number of aromatic nitrogens is 3. The number of amidine groups is 1. The Morgan fingerprint density at radius 3 is 2.53 bits per heavy atom. The van der Waals surface area contributed by atoms with Crippen LogP contribution >= 0.6 is 9.24 Å². The molecule has 3 aromatic rings. The Morgan fingerprint density at radius 1 is 1.12 bits per heavy atom. The maximum absolute atomic E-state index is 14.8. The molecule has 1 atom stereocenters. The third kappa shape index (κ3) is 4.77. The summed E-state index contributed by atoms with van der Waals surface area (Å²) in [6.07, 6.45) is 10.6. The van der Waals surface area contributed by atoms with Crippen LogP contribution in [0, 0.1) is 5.82 Å². The molecular formula is C25H23F3N5P. The first-order chi connectivity index (χ1) is 16.2. The van der Waals surface area contributed by atoms with Gasteiger partial charge in [0.1, 0.15) is 5.82 Å². The number of nitrogens with zero attached hydrogens (tertiary/aromatic N) is 5. The van der Waals surface area contributed by atoms with Gasteiger partial charge in [0.05, 0.1) is 11.9 Å². The molecule has 0 N–H and O–H groups in total. The van der Waals surface area contributed by atoms with Gasteiger partial charge in [-0.1, -0.05) is 15.3 Å². The number of benzene rings is 1. The zero-order valence-electron chi connectivity index (χ0n) is 18.9. The molecule has 0 bridgehead atoms. The SMILES string of the molecule is C/C=C1/C(c2cncc(-c3cnn(C)c3)c2)=CC(c2cc(C(F)(F)P)ccc2F)=NC1=NCC. The van der Waals surface area contributed by atoms with Gasteiger partial charge in [0, 0.05) is 65.6 Å². The molecule has 0 saturated heterocycles. The summed E-state index contributed by atoms with van der Waals surface area (Å²) in [5.41, 5.74) is 0.672. The zero-order valence-corrected chi connectivity index (χ0v) is 20.1. The van der Waals surface area contributed by atoms with E-state index in [1.165, 1.54) is 9.24 Å². The summed E-state index contributed by atoms with van der Waals surface area (Å²) >= 11 is 0. The number of alkyl halides is 2. The molecule has 4 rings (SSSR count). The topological polar surface area (TPSA) is 55.4 Å². The summed E-state index contributed by atoms with van der Waals surface area (Å²) in [6.45, 7) is 4.19. The smallest absolute Gasteiger partial charge is 0.275 e. The zero-order chi connectivity index (χ0) is 24.5. The van der Waals surface area contributed by atoms with Crippen LogP contribution in [-0.4, -0.2) is 32.9 Å². The van der Waals surface area contributed by atoms with Crippen LogP contribution in [0.25, 0.3) is 16.7 Å². The van der Waals surface area contributed by atoms with E-state index in [4.69, 9.17) is 0 Å². The average Bonchev–Trinajstić information content (AvgIpc) is 3.25. The Hall–Kier alpha value is -3.38. The quantitative estimate of drug-likeness (QED) is 0.433. The van der Waals surface area contributed by atoms with Gasteiger partial charge < -0.3 is 0 Å². The molecule has 0 amide bonds. The number of aryl methyl sites for hydroxylation is 1. The van der Waals surface area contributed by atoms with E-state index in [-0.39, 0.29) is 16.8 Å². The molecule has 0 radical (unpaired) electrons. The van der Waals surface area contributed by atoms with Crippen LogP contribution in [0.1, 0.15) is 30.5 Å². The third-order valence-corrected chi connectivity index (χ3v) is 5.68. The molecule has 1 unspecified atom stereocenters. The summed E-state index contributed by atoms with van der Waals surface area (Å²) in [5, 5.41) is 4.21. The van der Waals surface area contributed by atoms with Gasteiger partial charge in [-0.25, -0.2) is 9.38 Å². The molecule has 9 heteroatoms. The maximum Gasteiger partial charge on any atom is 0.283 e. The molecule has 34 heavy (non-hydrogen) atoms. The van der Waals surface area contributed by atoms with E-state index in [9.17, 15) is 13.2 Å². The van der Waals surface area contributed by atoms with Crippen molar-refractivity contribution in [2.45, 2.75) is 19.5 Å². The first kappa shape index (κ1) is 23.8. The minimum atomic E-state index is -3.19. The summed E-state index contributed by atoms with van der Waals surface area (Å²) < 4.78 is 44.4. The van der Waals surface area contributed by atoms with Crippen LogP contribution < -0.4 is 0 Å². The van der Waals surface area contributed by atoms with Gasteiger partial charge in [0.25, 0.3) is 5.66 Å². The fraction of sp³-hybridized carbons (Fsp3) is 0.200. The van der Waals surface area contributed by atoms with E-state index < -0.39 is 11.5 Å². The number of dihydropyridines is 1. The lowest BCUT2D eigenvalue weighted by Crippen LogP contribution is -2.16. The molecule has 1 aliphatic rings. The van der Waals surface area contributed by atoms with Gasteiger partial charge >= 0.3 is 0 Å². The Morgan fingerprint density at radius 2 is 1.88 bits per heavy atom. The number of halogens is 3. The molecule has 0 spiro atoms. The standard InChI is InChI=1S/C25H23F3N5P/c1-4-19-20(16-8-15(11-29-12-16)17-13-31-33(3)14-17)10-23(32-24(19)30-5-2)21-9-18(25(27,28)34)6-7-22(21)26/h4,6-14H,5,34H2,1-3H3/b19-4-,30-24?. The van der Waals surface area contributed by atoms with Crippen LogP contribution in [-0.2, 0) is 12.7 Å². The second-order valence-electron chi connectivity index (χ2n) is 7.74. The maximum atomic E-state index is 14.8. The van der Waals surface area contributed by atoms with E-state index >= 15 is 0 Å². The lowest BCUT2D eigenvalue weighted by Gasteiger charge is -2.20. The number of aliphatic imine (C=N–C) groups is 2. The summed E-state index contributed by atoms with van der Waals surface area (Å²) in [7, 11) is 3.31. The van der Waals surface area contributed by atoms with Crippen molar-refractivity contribution in [3.05, 3.63) is 89.3 Å². The van der Waals surface area contributed by atoms with Crippen molar-refractivity contribution >= 4 is 26.4 Å². The summed E-state index contributed by atoms with van der Waals surface area (Å²) in [6, 6.07) is 5.18. The highest BCUT2D eigenvalue weighted by Crippen LogP contribution is 2.37. The number of hydrogen-bond donors (Lipinski definition) is 0. The van der Waals surface area contributed by atoms with E-state index in [0.29, 0.717) is 12.4 Å². The lowest BCUT2D eigenvalue weighted by molar-refractivity contribution is 0.104. The second kappa shape index (κ2) is 9.47. The fourth-order valence-electron chi connectivity index (χ4n) is 3.72. The lowest BCUT2D eigenvalue weighted by atomic mass is 9.91. The second-order valence-corrected chi connectivity index (χ2v) is 8.46. The van der Waals surface area contributed by atoms with E-state index in [2.05, 4.69) is 20.1 Å². The molecule has 1 aromatic carbocycles. The molecule has 2 aromatic heterocycles. The minimum Gasteiger partial charge on any atom is -0.275 e. The van der Waals surface area contributed by atoms with Crippen LogP contribution in [0.3, 0.4) is 0 Å². The van der Waals surface area contributed by atoms with Crippen LogP contribution in [0.2, 0.25) is 0 Å². The normalized spacial score (nSPS) is 16.7. The summed E-state index contributed by atoms with van der Waals surface area (Å²) in [4.78, 5) is 13.4. The largest absolute Gasteiger partial charge is 0.283 e. The van der Waals surface area contributed by atoms with Gasteiger partial charge in [-0.3, -0.25) is 14.7 Å². The number of pyridine rings is 1. The first-order valence-electron chi connectivity index (χ1n) is 10.6.